The molecule has 0 saturated carbocycles. The van der Waals surface area contributed by atoms with Crippen molar-refractivity contribution in [2.75, 3.05) is 0 Å². The normalized spacial score (nSPS) is 12.9. The van der Waals surface area contributed by atoms with Crippen molar-refractivity contribution < 1.29 is 37.8 Å². The second kappa shape index (κ2) is 7.41. The van der Waals surface area contributed by atoms with E-state index in [1.807, 2.05) is 0 Å². The number of carboxylic acid groups (broad SMARTS) is 1. The number of rotatable bonds is 5. The number of aliphatic hydroxyl groups is 1. The summed E-state index contributed by atoms with van der Waals surface area (Å²) in [6, 6.07) is 3.94. The predicted octanol–water partition coefficient (Wildman–Crippen LogP) is 3.66. The van der Waals surface area contributed by atoms with Gasteiger partial charge in [-0.3, -0.25) is 4.68 Å². The van der Waals surface area contributed by atoms with Crippen molar-refractivity contribution in [3.63, 3.8) is 0 Å². The lowest BCUT2D eigenvalue weighted by atomic mass is 10.0. The monoisotopic (exact) mass is 431 g/mol. The van der Waals surface area contributed by atoms with Gasteiger partial charge < -0.3 is 19.8 Å². The summed E-state index contributed by atoms with van der Waals surface area (Å²) in [5, 5.41) is 35.7. The summed E-state index contributed by atoms with van der Waals surface area (Å²) in [4.78, 5) is 11.8. The Hall–Kier alpha value is -3.05. The summed E-state index contributed by atoms with van der Waals surface area (Å²) in [5.74, 6) is -2.67. The van der Waals surface area contributed by atoms with Gasteiger partial charge in [0.2, 0.25) is 0 Å². The zero-order chi connectivity index (χ0) is 21.5. The fourth-order valence-electron chi connectivity index (χ4n) is 2.80. The molecule has 0 aliphatic carbocycles. The van der Waals surface area contributed by atoms with E-state index in [2.05, 4.69) is 10.3 Å². The lowest BCUT2D eigenvalue weighted by molar-refractivity contribution is -0.144. The molecule has 154 valence electrons. The van der Waals surface area contributed by atoms with Gasteiger partial charge in [-0.05, 0) is 13.0 Å². The molecule has 3 aromatic rings. The first-order valence-electron chi connectivity index (χ1n) is 8.04. The predicted molar refractivity (Wildman–Crippen MR) is 93.5 cm³/mol. The Morgan fingerprint density at radius 2 is 2.03 bits per heavy atom. The third kappa shape index (κ3) is 3.78. The van der Waals surface area contributed by atoms with Crippen molar-refractivity contribution >= 4 is 17.6 Å². The topological polar surface area (TPSA) is 122 Å². The molecule has 2 heterocycles. The largest absolute Gasteiger partial charge is 0.506 e. The van der Waals surface area contributed by atoms with Gasteiger partial charge in [-0.2, -0.15) is 18.3 Å². The zero-order valence-electron chi connectivity index (χ0n) is 14.6. The van der Waals surface area contributed by atoms with E-state index in [4.69, 9.17) is 16.1 Å². The summed E-state index contributed by atoms with van der Waals surface area (Å²) in [5.41, 5.74) is -3.04. The van der Waals surface area contributed by atoms with Gasteiger partial charge in [0, 0.05) is 5.56 Å². The molecule has 3 N–H and O–H groups in total. The Kier molecular flexibility index (Phi) is 5.28. The molecule has 0 fully saturated rings. The van der Waals surface area contributed by atoms with Crippen LogP contribution in [0.4, 0.5) is 13.2 Å². The second-order valence-corrected chi connectivity index (χ2v) is 6.49. The summed E-state index contributed by atoms with van der Waals surface area (Å²) < 4.78 is 46.4. The lowest BCUT2D eigenvalue weighted by Gasteiger charge is -2.13. The van der Waals surface area contributed by atoms with Crippen molar-refractivity contribution in [1.29, 1.82) is 0 Å². The van der Waals surface area contributed by atoms with E-state index in [1.54, 1.807) is 0 Å². The fraction of sp³-hybridized carbons (Fsp3) is 0.235. The number of aliphatic hydroxyl groups excluding tert-OH is 1. The molecule has 0 radical (unpaired) electrons. The van der Waals surface area contributed by atoms with Gasteiger partial charge in [0.15, 0.2) is 11.5 Å². The highest BCUT2D eigenvalue weighted by atomic mass is 35.5. The van der Waals surface area contributed by atoms with Crippen LogP contribution in [-0.2, 0) is 12.7 Å². The number of phenols is 1. The highest BCUT2D eigenvalue weighted by Crippen LogP contribution is 2.42. The summed E-state index contributed by atoms with van der Waals surface area (Å²) in [7, 11) is 0. The molecular formula is C17H13ClF3N3O5. The molecule has 1 atom stereocenters. The van der Waals surface area contributed by atoms with Gasteiger partial charge in [0.25, 0.3) is 0 Å². The molecule has 0 saturated heterocycles. The Bertz CT molecular complexity index is 1070. The Labute approximate surface area is 165 Å². The Balaban J connectivity index is 2.26. The minimum atomic E-state index is -4.92. The Morgan fingerprint density at radius 3 is 2.62 bits per heavy atom. The molecule has 3 rings (SSSR count). The number of carbonyl (C=O) groups is 1. The van der Waals surface area contributed by atoms with E-state index in [-0.39, 0.29) is 22.0 Å². The first kappa shape index (κ1) is 20.7. The molecule has 0 bridgehead atoms. The number of benzene rings is 1. The third-order valence-corrected chi connectivity index (χ3v) is 4.33. The van der Waals surface area contributed by atoms with Crippen molar-refractivity contribution in [2.24, 2.45) is 0 Å². The maximum absolute atomic E-state index is 13.7. The van der Waals surface area contributed by atoms with Crippen LogP contribution in [0.25, 0.3) is 22.6 Å². The summed E-state index contributed by atoms with van der Waals surface area (Å²) in [6.07, 6.45) is -5.28. The third-order valence-electron chi connectivity index (χ3n) is 3.93. The van der Waals surface area contributed by atoms with E-state index in [1.165, 1.54) is 25.1 Å². The van der Waals surface area contributed by atoms with Crippen LogP contribution in [-0.4, -0.2) is 42.3 Å². The van der Waals surface area contributed by atoms with E-state index in [9.17, 15) is 33.3 Å². The van der Waals surface area contributed by atoms with Crippen molar-refractivity contribution in [2.45, 2.75) is 25.7 Å². The molecule has 12 heteroatoms. The number of aromatic hydroxyl groups is 1. The smallest absolute Gasteiger partial charge is 0.433 e. The van der Waals surface area contributed by atoms with Crippen LogP contribution in [0.2, 0.25) is 5.02 Å². The number of halogens is 4. The molecule has 0 amide bonds. The molecule has 1 unspecified atom stereocenters. The van der Waals surface area contributed by atoms with Crippen LogP contribution in [0.15, 0.2) is 28.9 Å². The van der Waals surface area contributed by atoms with Gasteiger partial charge in [-0.15, -0.1) is 0 Å². The molecule has 0 spiro atoms. The number of hydrogen-bond acceptors (Lipinski definition) is 6. The second-order valence-electron chi connectivity index (χ2n) is 6.11. The molecule has 0 aliphatic heterocycles. The minimum Gasteiger partial charge on any atom is -0.506 e. The maximum Gasteiger partial charge on any atom is 0.433 e. The minimum absolute atomic E-state index is 0.0380. The average molecular weight is 432 g/mol. The number of nitrogens with zero attached hydrogens (tertiary/aromatic N) is 3. The van der Waals surface area contributed by atoms with Gasteiger partial charge >= 0.3 is 12.1 Å². The van der Waals surface area contributed by atoms with Crippen LogP contribution < -0.4 is 0 Å². The summed E-state index contributed by atoms with van der Waals surface area (Å²) in [6.45, 7) is 0.803. The number of aromatic carboxylic acids is 1. The average Bonchev–Trinajstić information content (AvgIpc) is 3.20. The van der Waals surface area contributed by atoms with E-state index in [0.717, 1.165) is 6.20 Å². The molecule has 1 aromatic carbocycles. The number of phenolic OH excluding ortho intramolecular Hbond substituents is 1. The zero-order valence-corrected chi connectivity index (χ0v) is 15.4. The fourth-order valence-corrected chi connectivity index (χ4v) is 3.01. The lowest BCUT2D eigenvalue weighted by Crippen LogP contribution is -2.21. The maximum atomic E-state index is 13.7. The standard InChI is InChI=1S/C17H13ClF3N3O5/c1-7(25)6-24-15(17(19,20)21)9(5-22-24)14-11(16(27)28)13(23-29-14)8-3-2-4-10(26)12(8)18/h2-5,7,25-26H,6H2,1H3,(H,27,28). The molecule has 2 aromatic heterocycles. The van der Waals surface area contributed by atoms with E-state index >= 15 is 0 Å². The van der Waals surface area contributed by atoms with Gasteiger partial charge in [0.1, 0.15) is 17.0 Å². The van der Waals surface area contributed by atoms with Crippen molar-refractivity contribution in [3.05, 3.63) is 40.7 Å². The van der Waals surface area contributed by atoms with Crippen LogP contribution in [0.1, 0.15) is 23.0 Å². The van der Waals surface area contributed by atoms with Crippen LogP contribution in [0.5, 0.6) is 5.75 Å². The van der Waals surface area contributed by atoms with Crippen LogP contribution >= 0.6 is 11.6 Å². The van der Waals surface area contributed by atoms with Crippen molar-refractivity contribution in [1.82, 2.24) is 14.9 Å². The number of carboxylic acids is 1. The SMILES string of the molecule is CC(O)Cn1ncc(-c2onc(-c3cccc(O)c3Cl)c2C(=O)O)c1C(F)(F)F. The quantitative estimate of drug-likeness (QED) is 0.563. The molecular weight excluding hydrogens is 419 g/mol. The first-order valence-corrected chi connectivity index (χ1v) is 8.42. The van der Waals surface area contributed by atoms with Crippen LogP contribution in [0.3, 0.4) is 0 Å². The van der Waals surface area contributed by atoms with E-state index in [0.29, 0.717) is 4.68 Å². The van der Waals surface area contributed by atoms with E-state index < -0.39 is 47.4 Å². The van der Waals surface area contributed by atoms with Gasteiger partial charge in [-0.25, -0.2) is 4.79 Å². The molecule has 0 aliphatic rings. The Morgan fingerprint density at radius 1 is 1.34 bits per heavy atom. The van der Waals surface area contributed by atoms with Gasteiger partial charge in [-0.1, -0.05) is 28.9 Å². The molecule has 29 heavy (non-hydrogen) atoms. The number of alkyl halides is 3. The van der Waals surface area contributed by atoms with Gasteiger partial charge in [0.05, 0.1) is 29.4 Å². The number of hydrogen-bond donors (Lipinski definition) is 3. The first-order chi connectivity index (χ1) is 13.5. The summed E-state index contributed by atoms with van der Waals surface area (Å²) >= 11 is 5.98. The number of aromatic nitrogens is 3. The highest BCUT2D eigenvalue weighted by Gasteiger charge is 2.41. The molecule has 8 nitrogen and oxygen atoms in total. The highest BCUT2D eigenvalue weighted by molar-refractivity contribution is 6.35. The van der Waals surface area contributed by atoms with Crippen molar-refractivity contribution in [3.8, 4) is 28.3 Å². The van der Waals surface area contributed by atoms with Crippen LogP contribution in [0, 0.1) is 0 Å².